The number of fused-ring (bicyclic) bond motifs is 1. The predicted molar refractivity (Wildman–Crippen MR) is 153 cm³/mol. The summed E-state index contributed by atoms with van der Waals surface area (Å²) in [6.45, 7) is -0.128. The number of amidine groups is 1. The molecule has 0 amide bonds. The Kier molecular flexibility index (Phi) is 7.31. The summed E-state index contributed by atoms with van der Waals surface area (Å²) in [5.74, 6) is -1.37. The lowest BCUT2D eigenvalue weighted by Crippen LogP contribution is -2.35. The maximum Gasteiger partial charge on any atom is 0.348 e. The van der Waals surface area contributed by atoms with E-state index < -0.39 is 34.7 Å². The Bertz CT molecular complexity index is 1900. The molecule has 1 unspecified atom stereocenters. The van der Waals surface area contributed by atoms with Crippen LogP contribution in [0.3, 0.4) is 0 Å². The molecule has 0 aliphatic carbocycles. The van der Waals surface area contributed by atoms with Crippen LogP contribution < -0.4 is 20.9 Å². The highest BCUT2D eigenvalue weighted by atomic mass is 35.5. The average Bonchev–Trinajstić information content (AvgIpc) is 3.42. The Morgan fingerprint density at radius 3 is 2.67 bits per heavy atom. The number of benzene rings is 2. The van der Waals surface area contributed by atoms with E-state index in [9.17, 15) is 27.3 Å². The van der Waals surface area contributed by atoms with Crippen LogP contribution in [-0.4, -0.2) is 42.5 Å². The van der Waals surface area contributed by atoms with Crippen LogP contribution in [0.5, 0.6) is 5.75 Å². The first-order valence-corrected chi connectivity index (χ1v) is 16.1. The van der Waals surface area contributed by atoms with E-state index in [1.807, 2.05) is 0 Å². The highest BCUT2D eigenvalue weighted by molar-refractivity contribution is 7.92. The molecule has 3 heterocycles. The SMILES string of the molecule is COP1(=O)N=C(c2c(O)c(-c3cccs3)nn(Cc3ccc(F)c(Cl)c3)c2=O)Nc2ccc(NS(C)(=O)=O)cc21. The van der Waals surface area contributed by atoms with Gasteiger partial charge >= 0.3 is 7.52 Å². The van der Waals surface area contributed by atoms with Crippen LogP contribution in [0.4, 0.5) is 15.8 Å². The van der Waals surface area contributed by atoms with Crippen molar-refractivity contribution >= 4 is 63.0 Å². The molecule has 40 heavy (non-hydrogen) atoms. The van der Waals surface area contributed by atoms with E-state index in [0.29, 0.717) is 10.4 Å². The van der Waals surface area contributed by atoms with Crippen molar-refractivity contribution in [3.63, 3.8) is 0 Å². The third kappa shape index (κ3) is 5.40. The lowest BCUT2D eigenvalue weighted by Gasteiger charge is -2.25. The van der Waals surface area contributed by atoms with Gasteiger partial charge in [0.1, 0.15) is 17.1 Å². The third-order valence-corrected chi connectivity index (χ3v) is 9.49. The molecule has 11 nitrogen and oxygen atoms in total. The van der Waals surface area contributed by atoms with Crippen LogP contribution >= 0.6 is 30.5 Å². The lowest BCUT2D eigenvalue weighted by atomic mass is 10.1. The lowest BCUT2D eigenvalue weighted by molar-refractivity contribution is 0.404. The average molecular weight is 624 g/mol. The largest absolute Gasteiger partial charge is 0.505 e. The van der Waals surface area contributed by atoms with E-state index in [0.717, 1.165) is 24.1 Å². The smallest absolute Gasteiger partial charge is 0.348 e. The normalized spacial score (nSPS) is 16.6. The van der Waals surface area contributed by atoms with Gasteiger partial charge in [-0.05, 0) is 47.3 Å². The van der Waals surface area contributed by atoms with Crippen LogP contribution in [0.15, 0.2) is 63.5 Å². The Labute approximate surface area is 236 Å². The van der Waals surface area contributed by atoms with Gasteiger partial charge in [0.2, 0.25) is 10.0 Å². The van der Waals surface area contributed by atoms with E-state index in [2.05, 4.69) is 19.9 Å². The topological polar surface area (TPSA) is 152 Å². The van der Waals surface area contributed by atoms with E-state index in [1.54, 1.807) is 17.5 Å². The van der Waals surface area contributed by atoms with Crippen molar-refractivity contribution in [2.24, 2.45) is 4.76 Å². The number of hydrogen-bond acceptors (Lipinski definition) is 9. The summed E-state index contributed by atoms with van der Waals surface area (Å²) in [7, 11) is -6.52. The Hall–Kier alpha value is -3.55. The summed E-state index contributed by atoms with van der Waals surface area (Å²) in [4.78, 5) is 14.2. The van der Waals surface area contributed by atoms with Crippen LogP contribution in [-0.2, 0) is 25.7 Å². The molecule has 0 spiro atoms. The molecule has 208 valence electrons. The van der Waals surface area contributed by atoms with Gasteiger partial charge in [0, 0.05) is 12.8 Å². The second-order valence-corrected chi connectivity index (χ2v) is 13.8. The highest BCUT2D eigenvalue weighted by Crippen LogP contribution is 2.52. The summed E-state index contributed by atoms with van der Waals surface area (Å²) in [6, 6.07) is 11.6. The molecule has 4 aromatic rings. The quantitative estimate of drug-likeness (QED) is 0.259. The second-order valence-electron chi connectivity index (χ2n) is 8.64. The number of anilines is 2. The van der Waals surface area contributed by atoms with Crippen LogP contribution in [0.2, 0.25) is 5.02 Å². The number of hydrogen-bond donors (Lipinski definition) is 3. The van der Waals surface area contributed by atoms with E-state index in [1.165, 1.54) is 41.7 Å². The number of halogens is 2. The van der Waals surface area contributed by atoms with Crippen molar-refractivity contribution in [1.29, 1.82) is 0 Å². The summed E-state index contributed by atoms with van der Waals surface area (Å²) >= 11 is 7.18. The summed E-state index contributed by atoms with van der Waals surface area (Å²) in [5.41, 5.74) is -0.232. The summed E-state index contributed by atoms with van der Waals surface area (Å²) < 4.78 is 63.7. The molecule has 1 aliphatic rings. The minimum absolute atomic E-state index is 0.0562. The number of nitrogens with one attached hydrogen (secondary N) is 2. The highest BCUT2D eigenvalue weighted by Gasteiger charge is 2.36. The number of thiophene rings is 1. The Morgan fingerprint density at radius 2 is 2.02 bits per heavy atom. The van der Waals surface area contributed by atoms with Gasteiger partial charge in [-0.25, -0.2) is 17.5 Å². The minimum Gasteiger partial charge on any atom is -0.505 e. The van der Waals surface area contributed by atoms with Gasteiger partial charge in [-0.2, -0.15) is 9.86 Å². The van der Waals surface area contributed by atoms with Gasteiger partial charge in [0.25, 0.3) is 5.56 Å². The fourth-order valence-corrected chi connectivity index (χ4v) is 7.02. The summed E-state index contributed by atoms with van der Waals surface area (Å²) in [5, 5.41) is 20.2. The Balaban J connectivity index is 1.68. The van der Waals surface area contributed by atoms with Crippen LogP contribution in [0.1, 0.15) is 11.1 Å². The number of aromatic hydroxyl groups is 1. The first-order valence-electron chi connectivity index (χ1n) is 11.4. The molecule has 2 aromatic heterocycles. The number of aromatic nitrogens is 2. The number of sulfonamides is 1. The molecule has 0 saturated carbocycles. The molecule has 1 atom stereocenters. The maximum atomic E-state index is 13.8. The molecule has 0 saturated heterocycles. The van der Waals surface area contributed by atoms with Crippen molar-refractivity contribution in [2.75, 3.05) is 23.4 Å². The van der Waals surface area contributed by atoms with E-state index in [-0.39, 0.29) is 45.3 Å². The van der Waals surface area contributed by atoms with Crippen LogP contribution in [0.25, 0.3) is 10.6 Å². The van der Waals surface area contributed by atoms with E-state index >= 15 is 0 Å². The predicted octanol–water partition coefficient (Wildman–Crippen LogP) is 4.23. The van der Waals surface area contributed by atoms with Crippen molar-refractivity contribution in [2.45, 2.75) is 6.54 Å². The maximum absolute atomic E-state index is 13.8. The van der Waals surface area contributed by atoms with Crippen molar-refractivity contribution < 1.29 is 27.0 Å². The first-order chi connectivity index (χ1) is 18.9. The molecular formula is C24H20ClFN5O6PS2. The third-order valence-electron chi connectivity index (χ3n) is 5.78. The fraction of sp³-hybridized carbons (Fsp3) is 0.125. The van der Waals surface area contributed by atoms with Gasteiger partial charge < -0.3 is 14.9 Å². The van der Waals surface area contributed by atoms with Gasteiger partial charge in [-0.15, -0.1) is 11.3 Å². The molecule has 2 aromatic carbocycles. The number of nitrogens with zero attached hydrogens (tertiary/aromatic N) is 3. The van der Waals surface area contributed by atoms with E-state index in [4.69, 9.17) is 16.1 Å². The van der Waals surface area contributed by atoms with Crippen molar-refractivity contribution in [1.82, 2.24) is 9.78 Å². The molecule has 0 fully saturated rings. The standard InChI is InChI=1S/C24H20ClFN5O6PS2/c1-37-38(34)18-11-14(30-40(2,35)36)6-8-17(18)27-23(29-38)20-22(32)21(19-4-3-9-39-19)28-31(24(20)33)12-13-5-7-16(26)15(25)10-13/h3-11,30,32H,12H2,1-2H3,(H,27,29,34). The fourth-order valence-electron chi connectivity index (χ4n) is 4.01. The molecule has 1 aliphatic heterocycles. The van der Waals surface area contributed by atoms with Crippen LogP contribution in [0, 0.1) is 5.82 Å². The zero-order valence-electron chi connectivity index (χ0n) is 20.8. The van der Waals surface area contributed by atoms with Gasteiger partial charge in [-0.1, -0.05) is 23.7 Å². The molecule has 0 bridgehead atoms. The molecule has 0 radical (unpaired) electrons. The number of rotatable bonds is 7. The monoisotopic (exact) mass is 623 g/mol. The van der Waals surface area contributed by atoms with Crippen molar-refractivity contribution in [3.05, 3.63) is 86.2 Å². The molecule has 5 rings (SSSR count). The Morgan fingerprint density at radius 1 is 1.25 bits per heavy atom. The molecule has 3 N–H and O–H groups in total. The van der Waals surface area contributed by atoms with Gasteiger partial charge in [0.15, 0.2) is 11.6 Å². The van der Waals surface area contributed by atoms with Gasteiger partial charge in [0.05, 0.1) is 33.7 Å². The minimum atomic E-state index is -4.05. The zero-order chi connectivity index (χ0) is 28.8. The molecular weight excluding hydrogens is 604 g/mol. The van der Waals surface area contributed by atoms with Gasteiger partial charge in [-0.3, -0.25) is 14.1 Å². The van der Waals surface area contributed by atoms with Crippen molar-refractivity contribution in [3.8, 4) is 16.3 Å². The second kappa shape index (κ2) is 10.5. The molecule has 16 heteroatoms. The zero-order valence-corrected chi connectivity index (χ0v) is 24.0. The summed E-state index contributed by atoms with van der Waals surface area (Å²) in [6.07, 6.45) is 0.971. The first kappa shape index (κ1) is 28.0.